The zero-order valence-electron chi connectivity index (χ0n) is 11.1. The molecule has 0 saturated carbocycles. The van der Waals surface area contributed by atoms with Gasteiger partial charge in [-0.05, 0) is 49.9 Å². The van der Waals surface area contributed by atoms with Gasteiger partial charge < -0.3 is 5.11 Å². The first-order valence-electron chi connectivity index (χ1n) is 6.98. The van der Waals surface area contributed by atoms with Crippen LogP contribution in [-0.4, -0.2) is 19.7 Å². The fourth-order valence-corrected chi connectivity index (χ4v) is 3.00. The molecule has 1 N–H and O–H groups in total. The number of hydrogen-bond donors (Lipinski definition) is 1. The molecule has 0 amide bonds. The summed E-state index contributed by atoms with van der Waals surface area (Å²) in [6, 6.07) is 9.28. The van der Waals surface area contributed by atoms with Gasteiger partial charge in [0.15, 0.2) is 5.65 Å². The van der Waals surface area contributed by atoms with Gasteiger partial charge >= 0.3 is 0 Å². The molecule has 0 atom stereocenters. The first kappa shape index (κ1) is 11.5. The minimum atomic E-state index is 0.286. The molecule has 4 heteroatoms. The topological polar surface area (TPSA) is 50.4 Å². The number of phenolic OH excluding ortho intramolecular Hbond substituents is 1. The minimum absolute atomic E-state index is 0.286. The van der Waals surface area contributed by atoms with Crippen molar-refractivity contribution in [3.8, 4) is 17.0 Å². The van der Waals surface area contributed by atoms with E-state index in [1.54, 1.807) is 18.3 Å². The largest absolute Gasteiger partial charge is 0.508 e. The Hall–Kier alpha value is -2.36. The second-order valence-electron chi connectivity index (χ2n) is 5.24. The quantitative estimate of drug-likeness (QED) is 0.736. The normalized spacial score (nSPS) is 14.4. The second-order valence-corrected chi connectivity index (χ2v) is 5.24. The molecule has 3 aromatic rings. The fourth-order valence-electron chi connectivity index (χ4n) is 3.00. The van der Waals surface area contributed by atoms with E-state index in [1.807, 2.05) is 22.7 Å². The van der Waals surface area contributed by atoms with Gasteiger partial charge in [0.2, 0.25) is 0 Å². The van der Waals surface area contributed by atoms with Crippen LogP contribution >= 0.6 is 0 Å². The molecule has 100 valence electrons. The number of phenols is 1. The third-order valence-electron chi connectivity index (χ3n) is 3.95. The molecule has 0 spiro atoms. The molecule has 4 nitrogen and oxygen atoms in total. The van der Waals surface area contributed by atoms with Crippen LogP contribution < -0.4 is 0 Å². The fraction of sp³-hybridized carbons (Fsp3) is 0.250. The van der Waals surface area contributed by atoms with Crippen LogP contribution in [0.2, 0.25) is 0 Å². The second kappa shape index (κ2) is 4.34. The maximum atomic E-state index is 9.48. The molecule has 0 unspecified atom stereocenters. The Bertz CT molecular complexity index is 774. The lowest BCUT2D eigenvalue weighted by molar-refractivity contribution is 0.475. The molecule has 1 aliphatic carbocycles. The van der Waals surface area contributed by atoms with Crippen molar-refractivity contribution in [2.75, 3.05) is 0 Å². The van der Waals surface area contributed by atoms with Crippen LogP contribution in [0.1, 0.15) is 24.1 Å². The zero-order valence-corrected chi connectivity index (χ0v) is 11.1. The number of aromatic hydroxyl groups is 1. The molecule has 20 heavy (non-hydrogen) atoms. The molecular formula is C16H15N3O. The highest BCUT2D eigenvalue weighted by molar-refractivity contribution is 5.68. The molecule has 1 aromatic carbocycles. The smallest absolute Gasteiger partial charge is 0.155 e. The number of benzene rings is 1. The molecule has 2 aromatic heterocycles. The van der Waals surface area contributed by atoms with Gasteiger partial charge in [-0.1, -0.05) is 0 Å². The van der Waals surface area contributed by atoms with Crippen molar-refractivity contribution in [3.63, 3.8) is 0 Å². The van der Waals surface area contributed by atoms with Crippen LogP contribution in [0.4, 0.5) is 0 Å². The molecule has 4 rings (SSSR count). The Morgan fingerprint density at radius 1 is 1.00 bits per heavy atom. The minimum Gasteiger partial charge on any atom is -0.508 e. The Morgan fingerprint density at radius 3 is 2.65 bits per heavy atom. The van der Waals surface area contributed by atoms with E-state index in [9.17, 15) is 5.11 Å². The van der Waals surface area contributed by atoms with E-state index in [4.69, 9.17) is 4.98 Å². The van der Waals surface area contributed by atoms with E-state index in [-0.39, 0.29) is 5.75 Å². The highest BCUT2D eigenvalue weighted by Crippen LogP contribution is 2.31. The monoisotopic (exact) mass is 265 g/mol. The SMILES string of the molecule is Oc1ccc(-c2c3c(nc4ccnn24)CCCC3)cc1. The van der Waals surface area contributed by atoms with Gasteiger partial charge in [-0.3, -0.25) is 0 Å². The van der Waals surface area contributed by atoms with E-state index in [0.29, 0.717) is 0 Å². The van der Waals surface area contributed by atoms with Gasteiger partial charge in [-0.2, -0.15) is 5.10 Å². The van der Waals surface area contributed by atoms with Crippen molar-refractivity contribution in [1.82, 2.24) is 14.6 Å². The summed E-state index contributed by atoms with van der Waals surface area (Å²) in [4.78, 5) is 4.73. The van der Waals surface area contributed by atoms with Crippen LogP contribution in [-0.2, 0) is 12.8 Å². The summed E-state index contributed by atoms with van der Waals surface area (Å²) in [6.07, 6.45) is 6.29. The van der Waals surface area contributed by atoms with Crippen molar-refractivity contribution in [1.29, 1.82) is 0 Å². The summed E-state index contributed by atoms with van der Waals surface area (Å²) in [6.45, 7) is 0. The molecule has 0 saturated heterocycles. The van der Waals surface area contributed by atoms with Crippen LogP contribution in [0.5, 0.6) is 5.75 Å². The lowest BCUT2D eigenvalue weighted by Crippen LogP contribution is -2.11. The van der Waals surface area contributed by atoms with Gasteiger partial charge in [0.05, 0.1) is 11.9 Å². The predicted octanol–water partition coefficient (Wildman–Crippen LogP) is 2.98. The summed E-state index contributed by atoms with van der Waals surface area (Å²) in [5, 5.41) is 13.9. The van der Waals surface area contributed by atoms with E-state index in [2.05, 4.69) is 5.10 Å². The average molecular weight is 265 g/mol. The molecule has 0 aliphatic heterocycles. The first-order chi connectivity index (χ1) is 9.83. The lowest BCUT2D eigenvalue weighted by Gasteiger charge is -2.19. The summed E-state index contributed by atoms with van der Waals surface area (Å²) < 4.78 is 1.91. The predicted molar refractivity (Wildman–Crippen MR) is 76.7 cm³/mol. The van der Waals surface area contributed by atoms with Crippen molar-refractivity contribution < 1.29 is 5.11 Å². The van der Waals surface area contributed by atoms with E-state index in [0.717, 1.165) is 29.7 Å². The van der Waals surface area contributed by atoms with E-state index < -0.39 is 0 Å². The van der Waals surface area contributed by atoms with Gasteiger partial charge in [-0.25, -0.2) is 9.50 Å². The molecule has 0 radical (unpaired) electrons. The number of hydrogen-bond acceptors (Lipinski definition) is 3. The maximum Gasteiger partial charge on any atom is 0.155 e. The van der Waals surface area contributed by atoms with Gasteiger partial charge in [-0.15, -0.1) is 0 Å². The van der Waals surface area contributed by atoms with Crippen molar-refractivity contribution >= 4 is 5.65 Å². The first-order valence-corrected chi connectivity index (χ1v) is 6.98. The Balaban J connectivity index is 2.05. The van der Waals surface area contributed by atoms with Gasteiger partial charge in [0.1, 0.15) is 5.75 Å². The molecule has 0 fully saturated rings. The molecule has 2 heterocycles. The summed E-state index contributed by atoms with van der Waals surface area (Å²) in [5.41, 5.74) is 5.60. The Morgan fingerprint density at radius 2 is 1.80 bits per heavy atom. The number of aryl methyl sites for hydroxylation is 1. The standard InChI is InChI=1S/C16H15N3O/c20-12-7-5-11(6-8-12)16-13-3-1-2-4-14(13)18-15-9-10-17-19(15)16/h5-10,20H,1-4H2. The van der Waals surface area contributed by atoms with E-state index in [1.165, 1.54) is 24.1 Å². The van der Waals surface area contributed by atoms with Crippen LogP contribution in [0.25, 0.3) is 16.9 Å². The maximum absolute atomic E-state index is 9.48. The van der Waals surface area contributed by atoms with Crippen LogP contribution in [0, 0.1) is 0 Å². The zero-order chi connectivity index (χ0) is 13.5. The number of fused-ring (bicyclic) bond motifs is 2. The lowest BCUT2D eigenvalue weighted by atomic mass is 9.92. The molecule has 1 aliphatic rings. The van der Waals surface area contributed by atoms with Crippen molar-refractivity contribution in [2.45, 2.75) is 25.7 Å². The summed E-state index contributed by atoms with van der Waals surface area (Å²) in [5.74, 6) is 0.286. The number of nitrogens with zero attached hydrogens (tertiary/aromatic N) is 3. The van der Waals surface area contributed by atoms with Crippen LogP contribution in [0.3, 0.4) is 0 Å². The molecular weight excluding hydrogens is 250 g/mol. The Kier molecular flexibility index (Phi) is 2.49. The van der Waals surface area contributed by atoms with E-state index >= 15 is 0 Å². The number of aromatic nitrogens is 3. The van der Waals surface area contributed by atoms with Gasteiger partial charge in [0.25, 0.3) is 0 Å². The Labute approximate surface area is 116 Å². The summed E-state index contributed by atoms with van der Waals surface area (Å²) in [7, 11) is 0. The highest BCUT2D eigenvalue weighted by Gasteiger charge is 2.19. The van der Waals surface area contributed by atoms with Gasteiger partial charge in [0, 0.05) is 22.9 Å². The number of rotatable bonds is 1. The third kappa shape index (κ3) is 1.68. The van der Waals surface area contributed by atoms with Crippen molar-refractivity contribution in [3.05, 3.63) is 47.8 Å². The van der Waals surface area contributed by atoms with Crippen LogP contribution in [0.15, 0.2) is 36.5 Å². The average Bonchev–Trinajstić information content (AvgIpc) is 2.93. The summed E-state index contributed by atoms with van der Waals surface area (Å²) >= 11 is 0. The highest BCUT2D eigenvalue weighted by atomic mass is 16.3. The third-order valence-corrected chi connectivity index (χ3v) is 3.95. The van der Waals surface area contributed by atoms with Crippen molar-refractivity contribution in [2.24, 2.45) is 0 Å². The molecule has 0 bridgehead atoms.